The van der Waals surface area contributed by atoms with Crippen LogP contribution in [0.15, 0.2) is 75.4 Å². The van der Waals surface area contributed by atoms with Gasteiger partial charge >= 0.3 is 5.63 Å². The van der Waals surface area contributed by atoms with E-state index in [2.05, 4.69) is 16.4 Å². The molecule has 30 heavy (non-hydrogen) atoms. The molecule has 4 rings (SSSR count). The van der Waals surface area contributed by atoms with Crippen LogP contribution in [0.1, 0.15) is 11.9 Å². The Balaban J connectivity index is 1.64. The highest BCUT2D eigenvalue weighted by molar-refractivity contribution is 7.11. The van der Waals surface area contributed by atoms with Crippen LogP contribution < -0.4 is 15.7 Å². The molecule has 0 aliphatic rings. The Labute approximate surface area is 176 Å². The second kappa shape index (κ2) is 8.64. The van der Waals surface area contributed by atoms with E-state index in [4.69, 9.17) is 9.15 Å². The summed E-state index contributed by atoms with van der Waals surface area (Å²) < 4.78 is 11.0. The van der Waals surface area contributed by atoms with Crippen molar-refractivity contribution in [3.63, 3.8) is 0 Å². The number of aromatic nitrogens is 1. The average molecular weight is 415 g/mol. The minimum atomic E-state index is -0.461. The zero-order valence-electron chi connectivity index (χ0n) is 16.1. The van der Waals surface area contributed by atoms with Gasteiger partial charge in [-0.25, -0.2) is 9.78 Å². The van der Waals surface area contributed by atoms with Gasteiger partial charge in [-0.1, -0.05) is 30.3 Å². The third-order valence-corrected chi connectivity index (χ3v) is 5.21. The van der Waals surface area contributed by atoms with Crippen molar-refractivity contribution in [3.05, 3.63) is 81.6 Å². The highest BCUT2D eigenvalue weighted by atomic mass is 32.1. The lowest BCUT2D eigenvalue weighted by atomic mass is 10.1. The Morgan fingerprint density at radius 2 is 2.07 bits per heavy atom. The first kappa shape index (κ1) is 19.4. The maximum absolute atomic E-state index is 12.4. The van der Waals surface area contributed by atoms with E-state index >= 15 is 0 Å². The molecule has 2 aromatic heterocycles. The SMILES string of the molecule is CCOc1ccccc1N/C=C(\C#N)c1nc(-c2cc3ccccc3oc2=O)cs1. The first-order valence-electron chi connectivity index (χ1n) is 9.27. The number of anilines is 1. The second-order valence-corrected chi connectivity index (χ2v) is 7.12. The third kappa shape index (κ3) is 3.95. The van der Waals surface area contributed by atoms with Gasteiger partial charge in [0.2, 0.25) is 0 Å². The summed E-state index contributed by atoms with van der Waals surface area (Å²) in [5, 5.41) is 15.8. The monoisotopic (exact) mass is 415 g/mol. The van der Waals surface area contributed by atoms with Crippen LogP contribution in [0.5, 0.6) is 5.75 Å². The summed E-state index contributed by atoms with van der Waals surface area (Å²) in [6.07, 6.45) is 1.59. The number of thiazole rings is 1. The lowest BCUT2D eigenvalue weighted by Gasteiger charge is -2.09. The number of hydrogen-bond donors (Lipinski definition) is 1. The first-order valence-corrected chi connectivity index (χ1v) is 10.2. The molecule has 1 N–H and O–H groups in total. The van der Waals surface area contributed by atoms with E-state index in [1.807, 2.05) is 49.4 Å². The summed E-state index contributed by atoms with van der Waals surface area (Å²) in [6.45, 7) is 2.45. The fraction of sp³-hybridized carbons (Fsp3) is 0.0870. The molecule has 0 atom stereocenters. The van der Waals surface area contributed by atoms with Gasteiger partial charge in [0.25, 0.3) is 0 Å². The Kier molecular flexibility index (Phi) is 5.59. The number of nitrogens with zero attached hydrogens (tertiary/aromatic N) is 2. The predicted octanol–water partition coefficient (Wildman–Crippen LogP) is 5.29. The van der Waals surface area contributed by atoms with Crippen molar-refractivity contribution in [3.8, 4) is 23.1 Å². The van der Waals surface area contributed by atoms with E-state index in [9.17, 15) is 10.1 Å². The fourth-order valence-electron chi connectivity index (χ4n) is 2.92. The van der Waals surface area contributed by atoms with Gasteiger partial charge in [-0.15, -0.1) is 11.3 Å². The van der Waals surface area contributed by atoms with E-state index in [1.54, 1.807) is 23.7 Å². The first-order chi connectivity index (χ1) is 14.7. The Morgan fingerprint density at radius 3 is 2.90 bits per heavy atom. The van der Waals surface area contributed by atoms with Crippen LogP contribution in [-0.2, 0) is 0 Å². The van der Waals surface area contributed by atoms with Crippen LogP contribution >= 0.6 is 11.3 Å². The number of hydrogen-bond acceptors (Lipinski definition) is 7. The number of rotatable bonds is 6. The molecule has 0 spiro atoms. The number of fused-ring (bicyclic) bond motifs is 1. The molecule has 0 saturated heterocycles. The van der Waals surface area contributed by atoms with Gasteiger partial charge in [0.15, 0.2) is 0 Å². The van der Waals surface area contributed by atoms with E-state index in [0.29, 0.717) is 39.8 Å². The molecule has 0 unspecified atom stereocenters. The lowest BCUT2D eigenvalue weighted by Crippen LogP contribution is -2.03. The van der Waals surface area contributed by atoms with E-state index < -0.39 is 5.63 Å². The van der Waals surface area contributed by atoms with E-state index in [1.165, 1.54) is 11.3 Å². The molecule has 0 radical (unpaired) electrons. The summed E-state index contributed by atoms with van der Waals surface area (Å²) in [4.78, 5) is 16.9. The third-order valence-electron chi connectivity index (χ3n) is 4.33. The molecule has 2 aromatic carbocycles. The predicted molar refractivity (Wildman–Crippen MR) is 118 cm³/mol. The molecule has 4 aromatic rings. The zero-order valence-corrected chi connectivity index (χ0v) is 16.9. The van der Waals surface area contributed by atoms with Crippen molar-refractivity contribution in [2.24, 2.45) is 0 Å². The van der Waals surface area contributed by atoms with Crippen LogP contribution in [0.2, 0.25) is 0 Å². The quantitative estimate of drug-likeness (QED) is 0.340. The molecule has 6 nitrogen and oxygen atoms in total. The molecule has 0 aliphatic carbocycles. The number of nitrogens with one attached hydrogen (secondary N) is 1. The molecule has 0 aliphatic heterocycles. The van der Waals surface area contributed by atoms with E-state index in [0.717, 1.165) is 11.1 Å². The van der Waals surface area contributed by atoms with Crippen molar-refractivity contribution in [2.45, 2.75) is 6.92 Å². The molecule has 2 heterocycles. The molecule has 7 heteroatoms. The van der Waals surface area contributed by atoms with Crippen molar-refractivity contribution in [1.82, 2.24) is 4.98 Å². The zero-order chi connectivity index (χ0) is 20.9. The maximum atomic E-state index is 12.4. The molecule has 0 amide bonds. The average Bonchev–Trinajstić information content (AvgIpc) is 3.25. The highest BCUT2D eigenvalue weighted by Gasteiger charge is 2.14. The van der Waals surface area contributed by atoms with Gasteiger partial charge < -0.3 is 14.5 Å². The summed E-state index contributed by atoms with van der Waals surface area (Å²) in [6, 6.07) is 18.7. The van der Waals surface area contributed by atoms with Gasteiger partial charge in [0.05, 0.1) is 23.6 Å². The molecule has 148 valence electrons. The van der Waals surface area contributed by atoms with Gasteiger partial charge in [-0.2, -0.15) is 5.26 Å². The summed E-state index contributed by atoms with van der Waals surface area (Å²) in [7, 11) is 0. The topological polar surface area (TPSA) is 88.2 Å². The van der Waals surface area contributed by atoms with Crippen molar-refractivity contribution in [2.75, 3.05) is 11.9 Å². The number of nitriles is 1. The summed E-state index contributed by atoms with van der Waals surface area (Å²) in [5.41, 5.74) is 2.00. The second-order valence-electron chi connectivity index (χ2n) is 6.27. The molecule has 0 bridgehead atoms. The van der Waals surface area contributed by atoms with Crippen LogP contribution in [0, 0.1) is 11.3 Å². The van der Waals surface area contributed by atoms with Gasteiger partial charge in [0, 0.05) is 17.0 Å². The summed E-state index contributed by atoms with van der Waals surface area (Å²) in [5.74, 6) is 0.696. The van der Waals surface area contributed by atoms with Crippen LogP contribution in [-0.4, -0.2) is 11.6 Å². The molecule has 0 saturated carbocycles. The van der Waals surface area contributed by atoms with Crippen LogP contribution in [0.25, 0.3) is 27.8 Å². The maximum Gasteiger partial charge on any atom is 0.345 e. The van der Waals surface area contributed by atoms with Crippen molar-refractivity contribution < 1.29 is 9.15 Å². The molecular formula is C23H17N3O3S. The highest BCUT2D eigenvalue weighted by Crippen LogP contribution is 2.28. The van der Waals surface area contributed by atoms with Crippen LogP contribution in [0.4, 0.5) is 5.69 Å². The number of benzene rings is 2. The normalized spacial score (nSPS) is 11.3. The van der Waals surface area contributed by atoms with Crippen LogP contribution in [0.3, 0.4) is 0 Å². The number of ether oxygens (including phenoxy) is 1. The number of para-hydroxylation sites is 3. The van der Waals surface area contributed by atoms with Crippen molar-refractivity contribution >= 4 is 33.6 Å². The minimum Gasteiger partial charge on any atom is -0.492 e. The number of allylic oxidation sites excluding steroid dienone is 1. The standard InChI is InChI=1S/C23H17N3O3S/c1-2-28-21-10-6-4-8-18(21)25-13-16(12-24)22-26-19(14-30-22)17-11-15-7-3-5-9-20(15)29-23(17)27/h3-11,13-14,25H,2H2,1H3/b16-13+. The van der Waals surface area contributed by atoms with Gasteiger partial charge in [0.1, 0.15) is 28.0 Å². The van der Waals surface area contributed by atoms with Gasteiger partial charge in [-0.05, 0) is 31.2 Å². The summed E-state index contributed by atoms with van der Waals surface area (Å²) >= 11 is 1.29. The smallest absolute Gasteiger partial charge is 0.345 e. The fourth-order valence-corrected chi connectivity index (χ4v) is 3.71. The van der Waals surface area contributed by atoms with Crippen molar-refractivity contribution in [1.29, 1.82) is 5.26 Å². The lowest BCUT2D eigenvalue weighted by molar-refractivity contribution is 0.342. The molecular weight excluding hydrogens is 398 g/mol. The Bertz CT molecular complexity index is 1330. The van der Waals surface area contributed by atoms with E-state index in [-0.39, 0.29) is 0 Å². The van der Waals surface area contributed by atoms with Gasteiger partial charge in [-0.3, -0.25) is 0 Å². The Hall–Kier alpha value is -3.89. The Morgan fingerprint density at radius 1 is 1.27 bits per heavy atom. The molecule has 0 fully saturated rings. The largest absolute Gasteiger partial charge is 0.492 e. The minimum absolute atomic E-state index is 0.350.